The normalized spacial score (nSPS) is 9.71. The van der Waals surface area contributed by atoms with Crippen molar-refractivity contribution in [2.75, 3.05) is 6.54 Å². The molecule has 4 nitrogen and oxygen atoms in total. The second kappa shape index (κ2) is 5.17. The van der Waals surface area contributed by atoms with Crippen molar-refractivity contribution >= 4 is 16.9 Å². The first-order chi connectivity index (χ1) is 8.25. The van der Waals surface area contributed by atoms with Gasteiger partial charge in [-0.1, -0.05) is 11.8 Å². The Labute approximate surface area is 99.4 Å². The van der Waals surface area contributed by atoms with Gasteiger partial charge in [-0.2, -0.15) is 0 Å². The van der Waals surface area contributed by atoms with Gasteiger partial charge < -0.3 is 10.3 Å². The van der Waals surface area contributed by atoms with Crippen molar-refractivity contribution in [3.05, 3.63) is 30.1 Å². The van der Waals surface area contributed by atoms with Crippen molar-refractivity contribution < 1.29 is 4.79 Å². The highest BCUT2D eigenvalue weighted by molar-refractivity contribution is 5.76. The minimum atomic E-state index is -0.0266. The van der Waals surface area contributed by atoms with Gasteiger partial charge >= 0.3 is 0 Å². The molecule has 2 aromatic rings. The molecule has 4 heteroatoms. The maximum absolute atomic E-state index is 10.6. The summed E-state index contributed by atoms with van der Waals surface area (Å²) in [6, 6.07) is 3.89. The Balaban J connectivity index is 1.98. The lowest BCUT2D eigenvalue weighted by molar-refractivity contribution is -0.118. The number of amides is 1. The van der Waals surface area contributed by atoms with E-state index < -0.39 is 0 Å². The Kier molecular flexibility index (Phi) is 3.41. The summed E-state index contributed by atoms with van der Waals surface area (Å²) >= 11 is 0. The number of hydrogen-bond acceptors (Lipinski definition) is 2. The highest BCUT2D eigenvalue weighted by atomic mass is 16.1. The third-order valence-corrected chi connectivity index (χ3v) is 2.26. The van der Waals surface area contributed by atoms with Gasteiger partial charge in [-0.05, 0) is 12.1 Å². The van der Waals surface area contributed by atoms with Crippen LogP contribution in [-0.4, -0.2) is 22.4 Å². The highest BCUT2D eigenvalue weighted by Gasteiger charge is 1.95. The van der Waals surface area contributed by atoms with E-state index in [1.807, 2.05) is 18.3 Å². The highest BCUT2D eigenvalue weighted by Crippen LogP contribution is 2.09. The minimum absolute atomic E-state index is 0.0266. The molecule has 2 heterocycles. The Morgan fingerprint density at radius 2 is 2.47 bits per heavy atom. The fourth-order valence-electron chi connectivity index (χ4n) is 1.47. The molecule has 0 saturated heterocycles. The number of aromatic amines is 1. The average molecular weight is 227 g/mol. The predicted molar refractivity (Wildman–Crippen MR) is 66.3 cm³/mol. The van der Waals surface area contributed by atoms with E-state index in [4.69, 9.17) is 0 Å². The number of H-pyrrole nitrogens is 1. The monoisotopic (exact) mass is 227 g/mol. The molecule has 0 radical (unpaired) electrons. The molecule has 0 aliphatic carbocycles. The van der Waals surface area contributed by atoms with Crippen molar-refractivity contribution in [2.45, 2.75) is 13.3 Å². The van der Waals surface area contributed by atoms with Crippen LogP contribution in [0.5, 0.6) is 0 Å². The van der Waals surface area contributed by atoms with E-state index in [9.17, 15) is 4.79 Å². The molecule has 0 saturated carbocycles. The number of rotatable bonds is 2. The largest absolute Gasteiger partial charge is 0.360 e. The summed E-state index contributed by atoms with van der Waals surface area (Å²) in [6.45, 7) is 2.08. The molecule has 2 N–H and O–H groups in total. The number of carbonyl (C=O) groups excluding carboxylic acids is 1. The van der Waals surface area contributed by atoms with Crippen molar-refractivity contribution in [2.24, 2.45) is 0 Å². The molecule has 0 fully saturated rings. The van der Waals surface area contributed by atoms with E-state index in [2.05, 4.69) is 27.1 Å². The van der Waals surface area contributed by atoms with E-state index in [1.165, 1.54) is 6.92 Å². The molecule has 86 valence electrons. The second-order valence-corrected chi connectivity index (χ2v) is 3.67. The van der Waals surface area contributed by atoms with Crippen LogP contribution >= 0.6 is 0 Å². The van der Waals surface area contributed by atoms with Crippen molar-refractivity contribution in [3.8, 4) is 11.8 Å². The number of fused-ring (bicyclic) bond motifs is 1. The lowest BCUT2D eigenvalue weighted by atomic mass is 10.2. The Hall–Kier alpha value is -2.28. The third-order valence-electron chi connectivity index (χ3n) is 2.26. The van der Waals surface area contributed by atoms with Crippen LogP contribution in [0.1, 0.15) is 18.9 Å². The van der Waals surface area contributed by atoms with Gasteiger partial charge in [0.2, 0.25) is 5.91 Å². The fraction of sp³-hybridized carbons (Fsp3) is 0.231. The maximum atomic E-state index is 10.6. The summed E-state index contributed by atoms with van der Waals surface area (Å²) in [5.41, 5.74) is 2.80. The van der Waals surface area contributed by atoms with Crippen LogP contribution in [0.3, 0.4) is 0 Å². The second-order valence-electron chi connectivity index (χ2n) is 3.67. The first-order valence-corrected chi connectivity index (χ1v) is 5.42. The number of pyridine rings is 1. The number of hydrogen-bond donors (Lipinski definition) is 2. The molecule has 2 aromatic heterocycles. The lowest BCUT2D eigenvalue weighted by Gasteiger charge is -1.95. The van der Waals surface area contributed by atoms with E-state index >= 15 is 0 Å². The first kappa shape index (κ1) is 11.2. The molecule has 0 atom stereocenters. The molecular weight excluding hydrogens is 214 g/mol. The number of nitrogens with zero attached hydrogens (tertiary/aromatic N) is 1. The van der Waals surface area contributed by atoms with Gasteiger partial charge in [0.15, 0.2) is 0 Å². The van der Waals surface area contributed by atoms with E-state index in [0.29, 0.717) is 13.0 Å². The molecule has 0 aliphatic heterocycles. The zero-order valence-electron chi connectivity index (χ0n) is 9.58. The Morgan fingerprint density at radius 3 is 3.29 bits per heavy atom. The maximum Gasteiger partial charge on any atom is 0.216 e. The van der Waals surface area contributed by atoms with Gasteiger partial charge in [-0.3, -0.25) is 9.78 Å². The Morgan fingerprint density at radius 1 is 1.59 bits per heavy atom. The van der Waals surface area contributed by atoms with E-state index in [-0.39, 0.29) is 5.91 Å². The van der Waals surface area contributed by atoms with Gasteiger partial charge in [0, 0.05) is 37.8 Å². The van der Waals surface area contributed by atoms with Gasteiger partial charge in [-0.15, -0.1) is 0 Å². The first-order valence-electron chi connectivity index (χ1n) is 5.42. The number of nitrogens with one attached hydrogen (secondary N) is 2. The molecule has 17 heavy (non-hydrogen) atoms. The molecule has 2 rings (SSSR count). The average Bonchev–Trinajstić information content (AvgIpc) is 2.75. The smallest absolute Gasteiger partial charge is 0.216 e. The lowest BCUT2D eigenvalue weighted by Crippen LogP contribution is -2.20. The van der Waals surface area contributed by atoms with E-state index in [1.54, 1.807) is 6.20 Å². The molecule has 0 spiro atoms. The van der Waals surface area contributed by atoms with Crippen LogP contribution in [0.25, 0.3) is 11.0 Å². The van der Waals surface area contributed by atoms with Crippen LogP contribution in [-0.2, 0) is 4.79 Å². The third kappa shape index (κ3) is 3.08. The summed E-state index contributed by atoms with van der Waals surface area (Å²) in [4.78, 5) is 18.0. The summed E-state index contributed by atoms with van der Waals surface area (Å²) in [7, 11) is 0. The van der Waals surface area contributed by atoms with Crippen molar-refractivity contribution in [1.82, 2.24) is 15.3 Å². The molecule has 0 aromatic carbocycles. The molecule has 0 bridgehead atoms. The van der Waals surface area contributed by atoms with Gasteiger partial charge in [0.1, 0.15) is 0 Å². The molecular formula is C13H13N3O. The van der Waals surface area contributed by atoms with Crippen LogP contribution in [0.2, 0.25) is 0 Å². The van der Waals surface area contributed by atoms with Gasteiger partial charge in [0.25, 0.3) is 0 Å². The van der Waals surface area contributed by atoms with Crippen molar-refractivity contribution in [1.29, 1.82) is 0 Å². The summed E-state index contributed by atoms with van der Waals surface area (Å²) in [5, 5.41) is 2.69. The topological polar surface area (TPSA) is 57.8 Å². The number of carbonyl (C=O) groups is 1. The van der Waals surface area contributed by atoms with Gasteiger partial charge in [0.05, 0.1) is 11.0 Å². The molecule has 0 unspecified atom stereocenters. The fourth-order valence-corrected chi connectivity index (χ4v) is 1.47. The van der Waals surface area contributed by atoms with Crippen LogP contribution in [0.4, 0.5) is 0 Å². The zero-order chi connectivity index (χ0) is 12.1. The van der Waals surface area contributed by atoms with Crippen LogP contribution in [0, 0.1) is 11.8 Å². The molecule has 0 aliphatic rings. The van der Waals surface area contributed by atoms with Crippen LogP contribution in [0.15, 0.2) is 24.5 Å². The summed E-state index contributed by atoms with van der Waals surface area (Å²) < 4.78 is 0. The predicted octanol–water partition coefficient (Wildman–Crippen LogP) is 1.44. The summed E-state index contributed by atoms with van der Waals surface area (Å²) in [5.74, 6) is 5.99. The summed E-state index contributed by atoms with van der Waals surface area (Å²) in [6.07, 6.45) is 4.25. The zero-order valence-corrected chi connectivity index (χ0v) is 9.58. The molecule has 1 amide bonds. The minimum Gasteiger partial charge on any atom is -0.360 e. The van der Waals surface area contributed by atoms with Gasteiger partial charge in [-0.25, -0.2) is 0 Å². The van der Waals surface area contributed by atoms with Crippen molar-refractivity contribution in [3.63, 3.8) is 0 Å². The quantitative estimate of drug-likeness (QED) is 0.602. The number of aromatic nitrogens is 2. The van der Waals surface area contributed by atoms with Crippen LogP contribution < -0.4 is 5.32 Å². The van der Waals surface area contributed by atoms with E-state index in [0.717, 1.165) is 16.6 Å². The SMILES string of the molecule is CC(=O)NCCC#Cc1cnc2cc[nH]c2c1. The Bertz CT molecular complexity index is 589. The standard InChI is InChI=1S/C13H13N3O/c1-10(17)14-6-3-2-4-11-8-13-12(16-9-11)5-7-15-13/h5,7-9,15H,3,6H2,1H3,(H,14,17).